The number of ether oxygens (including phenoxy) is 1. The van der Waals surface area contributed by atoms with Crippen LogP contribution in [0.5, 0.6) is 0 Å². The van der Waals surface area contributed by atoms with Crippen molar-refractivity contribution in [3.8, 4) is 0 Å². The fourth-order valence-corrected chi connectivity index (χ4v) is 4.82. The van der Waals surface area contributed by atoms with Crippen LogP contribution < -0.4 is 5.32 Å². The van der Waals surface area contributed by atoms with Gasteiger partial charge in [-0.3, -0.25) is 24.2 Å². The molecule has 3 fully saturated rings. The number of hydrogen-bond acceptors (Lipinski definition) is 5. The lowest BCUT2D eigenvalue weighted by Gasteiger charge is -2.35. The highest BCUT2D eigenvalue weighted by Crippen LogP contribution is 2.37. The molecular weight excluding hydrogens is 370 g/mol. The Hall–Kier alpha value is -2.25. The van der Waals surface area contributed by atoms with E-state index >= 15 is 0 Å². The van der Waals surface area contributed by atoms with Crippen molar-refractivity contribution in [1.82, 2.24) is 15.1 Å². The molecule has 3 unspecified atom stereocenters. The van der Waals surface area contributed by atoms with E-state index in [0.29, 0.717) is 19.8 Å². The molecule has 1 saturated carbocycles. The lowest BCUT2D eigenvalue weighted by Crippen LogP contribution is -2.46. The number of amides is 3. The summed E-state index contributed by atoms with van der Waals surface area (Å²) in [6.45, 7) is 3.23. The summed E-state index contributed by atoms with van der Waals surface area (Å²) in [7, 11) is 0. The van der Waals surface area contributed by atoms with Gasteiger partial charge in [0.15, 0.2) is 0 Å². The van der Waals surface area contributed by atoms with Crippen molar-refractivity contribution in [3.63, 3.8) is 0 Å². The monoisotopic (exact) mass is 399 g/mol. The van der Waals surface area contributed by atoms with Gasteiger partial charge in [0.05, 0.1) is 31.1 Å². The van der Waals surface area contributed by atoms with Crippen LogP contribution in [0.2, 0.25) is 0 Å². The second-order valence-electron chi connectivity index (χ2n) is 8.14. The first-order valence-electron chi connectivity index (χ1n) is 10.6. The van der Waals surface area contributed by atoms with Gasteiger partial charge >= 0.3 is 0 Å². The van der Waals surface area contributed by atoms with Crippen LogP contribution in [0.1, 0.15) is 37.3 Å². The summed E-state index contributed by atoms with van der Waals surface area (Å²) < 4.78 is 5.46. The molecule has 0 spiro atoms. The molecule has 156 valence electrons. The van der Waals surface area contributed by atoms with Crippen molar-refractivity contribution in [2.75, 3.05) is 39.4 Å². The van der Waals surface area contributed by atoms with Gasteiger partial charge < -0.3 is 10.1 Å². The van der Waals surface area contributed by atoms with Crippen molar-refractivity contribution in [2.24, 2.45) is 11.8 Å². The van der Waals surface area contributed by atoms with Crippen LogP contribution in [0.4, 0.5) is 0 Å². The minimum absolute atomic E-state index is 0.0385. The summed E-state index contributed by atoms with van der Waals surface area (Å²) in [4.78, 5) is 41.3. The Kier molecular flexibility index (Phi) is 6.25. The zero-order valence-electron chi connectivity index (χ0n) is 16.7. The zero-order valence-corrected chi connectivity index (χ0v) is 16.7. The smallest absolute Gasteiger partial charge is 0.240 e. The van der Waals surface area contributed by atoms with Gasteiger partial charge in [0.2, 0.25) is 17.7 Å². The highest BCUT2D eigenvalue weighted by atomic mass is 16.5. The third-order valence-corrected chi connectivity index (χ3v) is 6.40. The fraction of sp³-hybridized carbons (Fsp3) is 0.591. The Balaban J connectivity index is 1.38. The van der Waals surface area contributed by atoms with Crippen LogP contribution in [-0.4, -0.2) is 66.9 Å². The minimum atomic E-state index is -0.278. The van der Waals surface area contributed by atoms with E-state index in [4.69, 9.17) is 4.74 Å². The second-order valence-corrected chi connectivity index (χ2v) is 8.14. The Morgan fingerprint density at radius 1 is 1.03 bits per heavy atom. The van der Waals surface area contributed by atoms with Gasteiger partial charge in [-0.05, 0) is 18.4 Å². The maximum atomic E-state index is 12.6. The summed E-state index contributed by atoms with van der Waals surface area (Å²) in [5.41, 5.74) is 1.13. The van der Waals surface area contributed by atoms with Gasteiger partial charge in [0, 0.05) is 19.6 Å². The molecule has 3 aliphatic rings. The van der Waals surface area contributed by atoms with Crippen LogP contribution >= 0.6 is 0 Å². The number of fused-ring (bicyclic) bond motifs is 1. The highest BCUT2D eigenvalue weighted by molar-refractivity contribution is 6.07. The number of hydrogen-bond donors (Lipinski definition) is 1. The van der Waals surface area contributed by atoms with Gasteiger partial charge in [-0.25, -0.2) is 0 Å². The number of imide groups is 1. The van der Waals surface area contributed by atoms with Gasteiger partial charge in [-0.1, -0.05) is 43.2 Å². The summed E-state index contributed by atoms with van der Waals surface area (Å²) in [6, 6.07) is 10.1. The standard InChI is InChI=1S/C22H29N3O4/c26-20(15-25-21(27)17-8-4-5-9-18(17)22(25)28)23-14-19(16-6-2-1-3-7-16)24-10-12-29-13-11-24/h1-3,6-7,17-19H,4-5,8-15H2,(H,23,26). The van der Waals surface area contributed by atoms with Crippen LogP contribution in [-0.2, 0) is 19.1 Å². The van der Waals surface area contributed by atoms with Gasteiger partial charge in [0.1, 0.15) is 6.54 Å². The lowest BCUT2D eigenvalue weighted by atomic mass is 9.81. The van der Waals surface area contributed by atoms with E-state index in [1.807, 2.05) is 18.2 Å². The predicted octanol–water partition coefficient (Wildman–Crippen LogP) is 1.35. The molecule has 2 saturated heterocycles. The van der Waals surface area contributed by atoms with Crippen LogP contribution in [0.15, 0.2) is 30.3 Å². The van der Waals surface area contributed by atoms with E-state index in [0.717, 1.165) is 44.3 Å². The SMILES string of the molecule is O=C(CN1C(=O)C2CCCCC2C1=O)NCC(c1ccccc1)N1CCOCC1. The van der Waals surface area contributed by atoms with Crippen molar-refractivity contribution >= 4 is 17.7 Å². The lowest BCUT2D eigenvalue weighted by molar-refractivity contribution is -0.143. The Morgan fingerprint density at radius 3 is 2.28 bits per heavy atom. The Bertz CT molecular complexity index is 724. The highest BCUT2D eigenvalue weighted by Gasteiger charge is 2.48. The first-order chi connectivity index (χ1) is 14.1. The number of carbonyl (C=O) groups is 3. The average molecular weight is 399 g/mol. The number of carbonyl (C=O) groups excluding carboxylic acids is 3. The summed E-state index contributed by atoms with van der Waals surface area (Å²) >= 11 is 0. The molecule has 7 heteroatoms. The van der Waals surface area contributed by atoms with Crippen molar-refractivity contribution in [1.29, 1.82) is 0 Å². The van der Waals surface area contributed by atoms with Crippen molar-refractivity contribution in [2.45, 2.75) is 31.7 Å². The summed E-state index contributed by atoms with van der Waals surface area (Å²) in [6.07, 6.45) is 3.50. The number of nitrogens with one attached hydrogen (secondary N) is 1. The number of rotatable bonds is 6. The number of nitrogens with zero attached hydrogens (tertiary/aromatic N) is 2. The molecule has 2 aliphatic heterocycles. The molecule has 3 atom stereocenters. The number of benzene rings is 1. The van der Waals surface area contributed by atoms with Gasteiger partial charge in [0.25, 0.3) is 0 Å². The van der Waals surface area contributed by atoms with Crippen LogP contribution in [0, 0.1) is 11.8 Å². The number of likely N-dealkylation sites (tertiary alicyclic amines) is 1. The molecule has 2 heterocycles. The third kappa shape index (κ3) is 4.36. The zero-order chi connectivity index (χ0) is 20.2. The predicted molar refractivity (Wildman–Crippen MR) is 107 cm³/mol. The molecule has 4 rings (SSSR count). The minimum Gasteiger partial charge on any atom is -0.379 e. The van der Waals surface area contributed by atoms with E-state index in [2.05, 4.69) is 22.3 Å². The Labute approximate surface area is 171 Å². The first-order valence-corrected chi connectivity index (χ1v) is 10.6. The van der Waals surface area contributed by atoms with Crippen molar-refractivity contribution < 1.29 is 19.1 Å². The molecule has 1 N–H and O–H groups in total. The Morgan fingerprint density at radius 2 is 1.66 bits per heavy atom. The van der Waals surface area contributed by atoms with Crippen LogP contribution in [0.25, 0.3) is 0 Å². The molecule has 1 aliphatic carbocycles. The largest absolute Gasteiger partial charge is 0.379 e. The molecule has 29 heavy (non-hydrogen) atoms. The van der Waals surface area contributed by atoms with E-state index in [9.17, 15) is 14.4 Å². The molecule has 1 aromatic carbocycles. The molecule has 7 nitrogen and oxygen atoms in total. The second kappa shape index (κ2) is 9.05. The van der Waals surface area contributed by atoms with E-state index in [1.165, 1.54) is 4.90 Å². The average Bonchev–Trinajstić information content (AvgIpc) is 3.00. The maximum absolute atomic E-state index is 12.6. The molecule has 1 aromatic rings. The molecular formula is C22H29N3O4. The quantitative estimate of drug-likeness (QED) is 0.731. The van der Waals surface area contributed by atoms with Gasteiger partial charge in [-0.15, -0.1) is 0 Å². The molecule has 0 radical (unpaired) electrons. The molecule has 0 aromatic heterocycles. The summed E-state index contributed by atoms with van der Waals surface area (Å²) in [5, 5.41) is 2.96. The summed E-state index contributed by atoms with van der Waals surface area (Å²) in [5.74, 6) is -1.03. The topological polar surface area (TPSA) is 79.0 Å². The van der Waals surface area contributed by atoms with E-state index in [1.54, 1.807) is 0 Å². The maximum Gasteiger partial charge on any atom is 0.240 e. The molecule has 0 bridgehead atoms. The molecule has 3 amide bonds. The third-order valence-electron chi connectivity index (χ3n) is 6.40. The van der Waals surface area contributed by atoms with Crippen LogP contribution in [0.3, 0.4) is 0 Å². The van der Waals surface area contributed by atoms with E-state index in [-0.39, 0.29) is 42.1 Å². The van der Waals surface area contributed by atoms with Crippen molar-refractivity contribution in [3.05, 3.63) is 35.9 Å². The first kappa shape index (κ1) is 20.0. The van der Waals surface area contributed by atoms with Gasteiger partial charge in [-0.2, -0.15) is 0 Å². The van der Waals surface area contributed by atoms with E-state index < -0.39 is 0 Å². The fourth-order valence-electron chi connectivity index (χ4n) is 4.82. The number of morpholine rings is 1. The normalized spacial score (nSPS) is 26.3.